The molecule has 2 atom stereocenters. The average molecular weight is 235 g/mol. The molecule has 0 unspecified atom stereocenters. The van der Waals surface area contributed by atoms with Crippen molar-refractivity contribution >= 4 is 17.2 Å². The Hall–Kier alpha value is -0.860. The summed E-state index contributed by atoms with van der Waals surface area (Å²) in [5.74, 6) is 0. The van der Waals surface area contributed by atoms with Crippen molar-refractivity contribution in [3.8, 4) is 0 Å². The predicted molar refractivity (Wildman–Crippen MR) is 66.4 cm³/mol. The highest BCUT2D eigenvalue weighted by atomic mass is 35.5. The molecule has 1 aromatic rings. The summed E-state index contributed by atoms with van der Waals surface area (Å²) in [5.41, 5.74) is 2.65. The van der Waals surface area contributed by atoms with Gasteiger partial charge in [-0.1, -0.05) is 23.7 Å². The number of aromatic nitrogens is 1. The zero-order valence-electron chi connectivity index (χ0n) is 9.36. The molecule has 1 aromatic heterocycles. The molecule has 16 heavy (non-hydrogen) atoms. The normalized spacial score (nSPS) is 29.2. The highest BCUT2D eigenvalue weighted by molar-refractivity contribution is 6.29. The van der Waals surface area contributed by atoms with Crippen LogP contribution in [0.1, 0.15) is 24.8 Å². The molecule has 0 N–H and O–H groups in total. The fourth-order valence-electron chi connectivity index (χ4n) is 2.93. The second-order valence-corrected chi connectivity index (χ2v) is 5.06. The Kier molecular flexibility index (Phi) is 2.49. The van der Waals surface area contributed by atoms with Gasteiger partial charge in [-0.05, 0) is 43.5 Å². The lowest BCUT2D eigenvalue weighted by molar-refractivity contribution is 0.267. The van der Waals surface area contributed by atoms with Gasteiger partial charge in [0.2, 0.25) is 0 Å². The van der Waals surface area contributed by atoms with Crippen LogP contribution >= 0.6 is 11.6 Å². The minimum absolute atomic E-state index is 0.567. The van der Waals surface area contributed by atoms with E-state index >= 15 is 0 Å². The maximum Gasteiger partial charge on any atom is 0.129 e. The van der Waals surface area contributed by atoms with Crippen molar-refractivity contribution in [2.45, 2.75) is 31.3 Å². The third kappa shape index (κ3) is 1.57. The first-order chi connectivity index (χ1) is 7.75. The van der Waals surface area contributed by atoms with E-state index in [-0.39, 0.29) is 0 Å². The predicted octanol–water partition coefficient (Wildman–Crippen LogP) is 2.98. The fourth-order valence-corrected chi connectivity index (χ4v) is 3.04. The molecule has 2 aliphatic heterocycles. The van der Waals surface area contributed by atoms with Gasteiger partial charge >= 0.3 is 0 Å². The Morgan fingerprint density at radius 1 is 1.38 bits per heavy atom. The minimum Gasteiger partial charge on any atom is -0.296 e. The van der Waals surface area contributed by atoms with Crippen LogP contribution in [-0.2, 0) is 0 Å². The minimum atomic E-state index is 0.567. The molecule has 0 aliphatic carbocycles. The first-order valence-electron chi connectivity index (χ1n) is 5.79. The second-order valence-electron chi connectivity index (χ2n) is 4.68. The Bertz CT molecular complexity index is 424. The van der Waals surface area contributed by atoms with E-state index in [0.29, 0.717) is 11.2 Å². The van der Waals surface area contributed by atoms with Crippen LogP contribution in [0.2, 0.25) is 5.15 Å². The molecule has 3 rings (SSSR count). The van der Waals surface area contributed by atoms with Crippen LogP contribution in [0.4, 0.5) is 0 Å². The molecule has 0 radical (unpaired) electrons. The molecular formula is C13H15ClN2. The van der Waals surface area contributed by atoms with Gasteiger partial charge in [0.25, 0.3) is 0 Å². The largest absolute Gasteiger partial charge is 0.296 e. The standard InChI is InChI=1S/C13H15ClN2/c1-16-10-3-5-11(12(16)6-4-10)9-2-7-13(14)15-8-9/h2,5,7-8,10,12H,3-4,6H2,1H3/t10-,12-/m0/s1. The topological polar surface area (TPSA) is 16.1 Å². The van der Waals surface area contributed by atoms with Gasteiger partial charge in [-0.2, -0.15) is 0 Å². The van der Waals surface area contributed by atoms with Crippen LogP contribution < -0.4 is 0 Å². The summed E-state index contributed by atoms with van der Waals surface area (Å²) < 4.78 is 0. The number of hydrogen-bond donors (Lipinski definition) is 0. The molecule has 1 fully saturated rings. The number of halogens is 1. The number of fused-ring (bicyclic) bond motifs is 2. The van der Waals surface area contributed by atoms with Crippen molar-refractivity contribution < 1.29 is 0 Å². The van der Waals surface area contributed by atoms with Crippen LogP contribution in [0.15, 0.2) is 24.4 Å². The molecule has 0 spiro atoms. The van der Waals surface area contributed by atoms with Crippen LogP contribution in [0.25, 0.3) is 5.57 Å². The lowest BCUT2D eigenvalue weighted by atomic mass is 9.96. The molecule has 84 valence electrons. The van der Waals surface area contributed by atoms with Gasteiger partial charge in [0.15, 0.2) is 0 Å². The summed E-state index contributed by atoms with van der Waals surface area (Å²) >= 11 is 5.82. The van der Waals surface area contributed by atoms with E-state index in [1.54, 1.807) is 0 Å². The first kappa shape index (κ1) is 10.3. The zero-order valence-corrected chi connectivity index (χ0v) is 10.1. The van der Waals surface area contributed by atoms with Crippen molar-refractivity contribution in [3.63, 3.8) is 0 Å². The summed E-state index contributed by atoms with van der Waals surface area (Å²) in [6.07, 6.45) is 8.04. The van der Waals surface area contributed by atoms with Crippen molar-refractivity contribution in [3.05, 3.63) is 35.1 Å². The number of nitrogens with zero attached hydrogens (tertiary/aromatic N) is 2. The Labute approximate surface area is 101 Å². The molecule has 0 saturated carbocycles. The number of rotatable bonds is 1. The summed E-state index contributed by atoms with van der Waals surface area (Å²) in [6.45, 7) is 0. The van der Waals surface area contributed by atoms with Gasteiger partial charge in [-0.25, -0.2) is 4.98 Å². The Morgan fingerprint density at radius 3 is 3.00 bits per heavy atom. The van der Waals surface area contributed by atoms with Crippen molar-refractivity contribution in [2.24, 2.45) is 0 Å². The molecule has 2 bridgehead atoms. The average Bonchev–Trinajstić information content (AvgIpc) is 2.52. The maximum absolute atomic E-state index is 5.82. The summed E-state index contributed by atoms with van der Waals surface area (Å²) in [5, 5.41) is 0.567. The van der Waals surface area contributed by atoms with Gasteiger partial charge in [0.05, 0.1) is 0 Å². The number of pyridine rings is 1. The van der Waals surface area contributed by atoms with E-state index in [2.05, 4.69) is 29.1 Å². The monoisotopic (exact) mass is 234 g/mol. The SMILES string of the molecule is CN1[C@H]2CC=C(c3ccc(Cl)nc3)[C@@H]1CC2. The van der Waals surface area contributed by atoms with Crippen molar-refractivity contribution in [2.75, 3.05) is 7.05 Å². The van der Waals surface area contributed by atoms with E-state index < -0.39 is 0 Å². The highest BCUT2D eigenvalue weighted by Crippen LogP contribution is 2.38. The van der Waals surface area contributed by atoms with Gasteiger partial charge < -0.3 is 0 Å². The van der Waals surface area contributed by atoms with E-state index in [0.717, 1.165) is 6.04 Å². The fraction of sp³-hybridized carbons (Fsp3) is 0.462. The zero-order chi connectivity index (χ0) is 11.1. The summed E-state index contributed by atoms with van der Waals surface area (Å²) in [4.78, 5) is 6.67. The number of likely N-dealkylation sites (N-methyl/N-ethyl adjacent to an activating group) is 1. The maximum atomic E-state index is 5.82. The molecule has 3 heterocycles. The highest BCUT2D eigenvalue weighted by Gasteiger charge is 2.35. The van der Waals surface area contributed by atoms with Crippen LogP contribution in [0.3, 0.4) is 0 Å². The van der Waals surface area contributed by atoms with Gasteiger partial charge in [0, 0.05) is 18.3 Å². The third-order valence-electron chi connectivity index (χ3n) is 3.87. The first-order valence-corrected chi connectivity index (χ1v) is 6.17. The van der Waals surface area contributed by atoms with E-state index in [4.69, 9.17) is 11.6 Å². The van der Waals surface area contributed by atoms with Gasteiger partial charge in [-0.15, -0.1) is 0 Å². The molecule has 0 aromatic carbocycles. The van der Waals surface area contributed by atoms with Crippen LogP contribution in [-0.4, -0.2) is 29.0 Å². The second kappa shape index (κ2) is 3.86. The molecule has 2 aliphatic rings. The van der Waals surface area contributed by atoms with Gasteiger partial charge in [-0.3, -0.25) is 4.90 Å². The van der Waals surface area contributed by atoms with Crippen molar-refractivity contribution in [1.82, 2.24) is 9.88 Å². The summed E-state index contributed by atoms with van der Waals surface area (Å²) in [6, 6.07) is 5.29. The third-order valence-corrected chi connectivity index (χ3v) is 4.09. The lowest BCUT2D eigenvalue weighted by Gasteiger charge is -2.31. The van der Waals surface area contributed by atoms with E-state index in [1.807, 2.05) is 12.3 Å². The molecular weight excluding hydrogens is 220 g/mol. The lowest BCUT2D eigenvalue weighted by Crippen LogP contribution is -2.35. The molecule has 3 heteroatoms. The summed E-state index contributed by atoms with van der Waals surface area (Å²) in [7, 11) is 2.23. The van der Waals surface area contributed by atoms with Crippen LogP contribution in [0, 0.1) is 0 Å². The van der Waals surface area contributed by atoms with Crippen molar-refractivity contribution in [1.29, 1.82) is 0 Å². The Balaban J connectivity index is 1.95. The van der Waals surface area contributed by atoms with E-state index in [9.17, 15) is 0 Å². The molecule has 2 nitrogen and oxygen atoms in total. The molecule has 0 amide bonds. The molecule has 1 saturated heterocycles. The van der Waals surface area contributed by atoms with E-state index in [1.165, 1.54) is 30.4 Å². The number of hydrogen-bond acceptors (Lipinski definition) is 2. The quantitative estimate of drug-likeness (QED) is 0.695. The smallest absolute Gasteiger partial charge is 0.129 e. The Morgan fingerprint density at radius 2 is 2.25 bits per heavy atom. The van der Waals surface area contributed by atoms with Crippen LogP contribution in [0.5, 0.6) is 0 Å². The van der Waals surface area contributed by atoms with Gasteiger partial charge in [0.1, 0.15) is 5.15 Å².